The molecule has 41 valence electrons. The van der Waals surface area contributed by atoms with Gasteiger partial charge in [-0.3, -0.25) is 0 Å². The number of methoxy groups -OCH3 is 1. The zero-order valence-corrected chi connectivity index (χ0v) is 7.40. The van der Waals surface area contributed by atoms with Crippen LogP contribution in [0.4, 0.5) is 0 Å². The number of ether oxygens (including phenoxy) is 1. The van der Waals surface area contributed by atoms with E-state index in [4.69, 9.17) is 5.11 Å². The summed E-state index contributed by atoms with van der Waals surface area (Å²) in [5.41, 5.74) is 0. The Kier molecular flexibility index (Phi) is 9.31. The maximum absolute atomic E-state index is 9.47. The summed E-state index contributed by atoms with van der Waals surface area (Å²) in [6.07, 6.45) is 0. The van der Waals surface area contributed by atoms with Crippen LogP contribution in [-0.4, -0.2) is 51.0 Å². The Morgan fingerprint density at radius 1 is 1.86 bits per heavy atom. The molecule has 3 radical (unpaired) electrons. The first-order valence-electron chi connectivity index (χ1n) is 1.48. The monoisotopic (exact) mass is 299 g/mol. The molecule has 7 heavy (non-hydrogen) atoms. The Labute approximate surface area is 60.8 Å². The minimum Gasteiger partial charge on any atom is -0.480 e. The largest absolute Gasteiger partial charge is 0.480 e. The van der Waals surface area contributed by atoms with Crippen LogP contribution in [0.2, 0.25) is 0 Å². The SMILES string of the molecule is COCC(=O)O.[Bi]. The zero-order valence-electron chi connectivity index (χ0n) is 3.92. The molecule has 0 saturated heterocycles. The molecule has 0 amide bonds. The molecule has 0 aliphatic rings. The van der Waals surface area contributed by atoms with E-state index in [1.165, 1.54) is 7.11 Å². The Morgan fingerprint density at radius 2 is 2.29 bits per heavy atom. The van der Waals surface area contributed by atoms with E-state index in [1.54, 1.807) is 0 Å². The first-order chi connectivity index (χ1) is 2.77. The van der Waals surface area contributed by atoms with Crippen molar-refractivity contribution in [3.05, 3.63) is 0 Å². The summed E-state index contributed by atoms with van der Waals surface area (Å²) in [4.78, 5) is 9.47. The van der Waals surface area contributed by atoms with Gasteiger partial charge in [0.1, 0.15) is 6.61 Å². The molecule has 0 aliphatic carbocycles. The molecule has 0 aliphatic heterocycles. The molecular weight excluding hydrogens is 293 g/mol. The number of carboxylic acid groups (broad SMARTS) is 1. The molecule has 3 nitrogen and oxygen atoms in total. The second-order valence-corrected chi connectivity index (χ2v) is 0.827. The third-order valence-corrected chi connectivity index (χ3v) is 0.268. The Balaban J connectivity index is 0. The third-order valence-electron chi connectivity index (χ3n) is 0.268. The van der Waals surface area contributed by atoms with Crippen molar-refractivity contribution >= 4 is 32.2 Å². The van der Waals surface area contributed by atoms with Gasteiger partial charge in [0.25, 0.3) is 0 Å². The minimum absolute atomic E-state index is 0. The van der Waals surface area contributed by atoms with Crippen molar-refractivity contribution in [3.63, 3.8) is 0 Å². The quantitative estimate of drug-likeness (QED) is 0.689. The molecule has 4 heteroatoms. The van der Waals surface area contributed by atoms with E-state index in [0.717, 1.165) is 0 Å². The van der Waals surface area contributed by atoms with E-state index in [1.807, 2.05) is 0 Å². The van der Waals surface area contributed by atoms with Gasteiger partial charge in [0, 0.05) is 33.3 Å². The van der Waals surface area contributed by atoms with Gasteiger partial charge in [-0.05, 0) is 0 Å². The first kappa shape index (κ1) is 10.3. The van der Waals surface area contributed by atoms with Crippen LogP contribution in [0, 0.1) is 0 Å². The minimum atomic E-state index is -0.933. The van der Waals surface area contributed by atoms with Gasteiger partial charge in [-0.25, -0.2) is 4.79 Å². The standard InChI is InChI=1S/C3H6O3.Bi/c1-6-2-3(4)5;/h2H2,1H3,(H,4,5);. The van der Waals surface area contributed by atoms with E-state index in [-0.39, 0.29) is 32.8 Å². The summed E-state index contributed by atoms with van der Waals surface area (Å²) in [6.45, 7) is -0.208. The molecule has 0 atom stereocenters. The predicted octanol–water partition coefficient (Wildman–Crippen LogP) is -0.663. The molecule has 0 bridgehead atoms. The number of carboxylic acids is 1. The van der Waals surface area contributed by atoms with E-state index < -0.39 is 5.97 Å². The van der Waals surface area contributed by atoms with Crippen LogP contribution in [0.25, 0.3) is 0 Å². The molecule has 0 heterocycles. The molecule has 0 saturated carbocycles. The average molecular weight is 299 g/mol. The van der Waals surface area contributed by atoms with Gasteiger partial charge >= 0.3 is 5.97 Å². The number of carbonyl (C=O) groups is 1. The van der Waals surface area contributed by atoms with E-state index in [9.17, 15) is 4.79 Å². The second kappa shape index (κ2) is 6.31. The molecule has 0 aromatic heterocycles. The van der Waals surface area contributed by atoms with E-state index in [0.29, 0.717) is 0 Å². The Hall–Kier alpha value is 0.313. The summed E-state index contributed by atoms with van der Waals surface area (Å²) in [6, 6.07) is 0. The third kappa shape index (κ3) is 10.7. The van der Waals surface area contributed by atoms with Crippen molar-refractivity contribution in [2.45, 2.75) is 0 Å². The van der Waals surface area contributed by atoms with E-state index in [2.05, 4.69) is 4.74 Å². The number of aliphatic carboxylic acids is 1. The van der Waals surface area contributed by atoms with Crippen LogP contribution in [0.3, 0.4) is 0 Å². The first-order valence-corrected chi connectivity index (χ1v) is 1.48. The summed E-state index contributed by atoms with van der Waals surface area (Å²) in [5.74, 6) is -0.933. The summed E-state index contributed by atoms with van der Waals surface area (Å²) in [7, 11) is 1.34. The molecule has 1 N–H and O–H groups in total. The summed E-state index contributed by atoms with van der Waals surface area (Å²) >= 11 is 0. The fourth-order valence-corrected chi connectivity index (χ4v) is 0.123. The fourth-order valence-electron chi connectivity index (χ4n) is 0.123. The molecular formula is C3H6BiO3. The van der Waals surface area contributed by atoms with Crippen molar-refractivity contribution in [1.29, 1.82) is 0 Å². The number of hydrogen-bond donors (Lipinski definition) is 1. The van der Waals surface area contributed by atoms with Crippen LogP contribution < -0.4 is 0 Å². The molecule has 0 aromatic rings. The van der Waals surface area contributed by atoms with Gasteiger partial charge < -0.3 is 9.84 Å². The number of hydrogen-bond acceptors (Lipinski definition) is 2. The van der Waals surface area contributed by atoms with Gasteiger partial charge in [-0.15, -0.1) is 0 Å². The van der Waals surface area contributed by atoms with Crippen molar-refractivity contribution in [2.24, 2.45) is 0 Å². The molecule has 0 rings (SSSR count). The van der Waals surface area contributed by atoms with Crippen molar-refractivity contribution in [1.82, 2.24) is 0 Å². The van der Waals surface area contributed by atoms with Crippen LogP contribution in [0.5, 0.6) is 0 Å². The maximum atomic E-state index is 9.47. The fraction of sp³-hybridized carbons (Fsp3) is 0.667. The van der Waals surface area contributed by atoms with Crippen LogP contribution in [0.1, 0.15) is 0 Å². The van der Waals surface area contributed by atoms with Crippen molar-refractivity contribution in [2.75, 3.05) is 13.7 Å². The number of rotatable bonds is 2. The molecule has 0 fully saturated rings. The van der Waals surface area contributed by atoms with Gasteiger partial charge in [0.05, 0.1) is 0 Å². The zero-order chi connectivity index (χ0) is 4.99. The van der Waals surface area contributed by atoms with Gasteiger partial charge in [-0.2, -0.15) is 0 Å². The summed E-state index contributed by atoms with van der Waals surface area (Å²) in [5, 5.41) is 7.79. The predicted molar refractivity (Wildman–Crippen MR) is 25.3 cm³/mol. The smallest absolute Gasteiger partial charge is 0.329 e. The Bertz CT molecular complexity index is 54.1. The summed E-state index contributed by atoms with van der Waals surface area (Å²) < 4.78 is 4.20. The topological polar surface area (TPSA) is 46.5 Å². The van der Waals surface area contributed by atoms with Crippen LogP contribution >= 0.6 is 0 Å². The van der Waals surface area contributed by atoms with Crippen molar-refractivity contribution < 1.29 is 14.6 Å². The Morgan fingerprint density at radius 3 is 2.29 bits per heavy atom. The van der Waals surface area contributed by atoms with E-state index >= 15 is 0 Å². The van der Waals surface area contributed by atoms with Gasteiger partial charge in [-0.1, -0.05) is 0 Å². The van der Waals surface area contributed by atoms with Gasteiger partial charge in [0.2, 0.25) is 0 Å². The molecule has 0 unspecified atom stereocenters. The maximum Gasteiger partial charge on any atom is 0.329 e. The van der Waals surface area contributed by atoms with Crippen LogP contribution in [-0.2, 0) is 9.53 Å². The van der Waals surface area contributed by atoms with Crippen LogP contribution in [0.15, 0.2) is 0 Å². The average Bonchev–Trinajstić information content (AvgIpc) is 1.35. The second-order valence-electron chi connectivity index (χ2n) is 0.827. The van der Waals surface area contributed by atoms with Crippen molar-refractivity contribution in [3.8, 4) is 0 Å². The molecule has 0 spiro atoms. The normalized spacial score (nSPS) is 7.00. The molecule has 0 aromatic carbocycles. The van der Waals surface area contributed by atoms with Gasteiger partial charge in [0.15, 0.2) is 0 Å².